The molecule has 0 saturated carbocycles. The zero-order chi connectivity index (χ0) is 13.3. The van der Waals surface area contributed by atoms with Gasteiger partial charge in [0.05, 0.1) is 6.54 Å². The number of aryl methyl sites for hydroxylation is 1. The van der Waals surface area contributed by atoms with Crippen LogP contribution in [0.4, 0.5) is 0 Å². The Morgan fingerprint density at radius 3 is 2.79 bits per heavy atom. The van der Waals surface area contributed by atoms with Gasteiger partial charge in [-0.2, -0.15) is 0 Å². The van der Waals surface area contributed by atoms with Gasteiger partial charge >= 0.3 is 0 Å². The molecule has 1 heterocycles. The molecule has 0 radical (unpaired) electrons. The van der Waals surface area contributed by atoms with E-state index in [4.69, 9.17) is 0 Å². The first-order chi connectivity index (χ1) is 9.34. The highest BCUT2D eigenvalue weighted by Crippen LogP contribution is 2.06. The molecular weight excluding hydrogens is 242 g/mol. The molecule has 1 amide bonds. The smallest absolute Gasteiger partial charge is 0.220 e. The molecule has 0 spiro atoms. The number of nitrogens with zero attached hydrogens (tertiary/aromatic N) is 3. The van der Waals surface area contributed by atoms with Crippen LogP contribution < -0.4 is 5.32 Å². The second-order valence-corrected chi connectivity index (χ2v) is 4.32. The number of carbonyl (C=O) groups excluding carboxylic acids is 1. The first-order valence-corrected chi connectivity index (χ1v) is 6.38. The maximum atomic E-state index is 11.6. The molecule has 1 aromatic heterocycles. The Balaban J connectivity index is 1.57. The number of unbranched alkanes of at least 4 members (excludes halogenated alkanes) is 1. The van der Waals surface area contributed by atoms with E-state index in [1.54, 1.807) is 0 Å². The quantitative estimate of drug-likeness (QED) is 0.732. The van der Waals surface area contributed by atoms with E-state index in [0.29, 0.717) is 18.8 Å². The van der Waals surface area contributed by atoms with Crippen molar-refractivity contribution in [1.29, 1.82) is 0 Å². The van der Waals surface area contributed by atoms with Crippen molar-refractivity contribution >= 4 is 5.91 Å². The van der Waals surface area contributed by atoms with Crippen molar-refractivity contribution in [3.05, 3.63) is 41.7 Å². The Kier molecular flexibility index (Phi) is 5.04. The SMILES string of the molecule is O=C(CCCCc1ccccc1)NCc1nnn[nH]1. The van der Waals surface area contributed by atoms with Crippen LogP contribution >= 0.6 is 0 Å². The number of carbonyl (C=O) groups is 1. The van der Waals surface area contributed by atoms with Gasteiger partial charge in [0.15, 0.2) is 5.82 Å². The van der Waals surface area contributed by atoms with Gasteiger partial charge < -0.3 is 5.32 Å². The molecule has 2 N–H and O–H groups in total. The van der Waals surface area contributed by atoms with Crippen molar-refractivity contribution in [3.8, 4) is 0 Å². The van der Waals surface area contributed by atoms with Crippen LogP contribution in [0, 0.1) is 0 Å². The molecule has 0 aliphatic carbocycles. The minimum absolute atomic E-state index is 0.0319. The van der Waals surface area contributed by atoms with E-state index in [-0.39, 0.29) is 5.91 Å². The molecule has 0 unspecified atom stereocenters. The molecule has 100 valence electrons. The van der Waals surface area contributed by atoms with E-state index in [0.717, 1.165) is 19.3 Å². The molecular formula is C13H17N5O. The Morgan fingerprint density at radius 1 is 1.21 bits per heavy atom. The van der Waals surface area contributed by atoms with E-state index < -0.39 is 0 Å². The lowest BCUT2D eigenvalue weighted by atomic mass is 10.1. The highest BCUT2D eigenvalue weighted by Gasteiger charge is 2.03. The molecule has 1 aromatic carbocycles. The number of aromatic nitrogens is 4. The largest absolute Gasteiger partial charge is 0.349 e. The maximum absolute atomic E-state index is 11.6. The van der Waals surface area contributed by atoms with Crippen molar-refractivity contribution in [1.82, 2.24) is 25.9 Å². The molecule has 6 heteroatoms. The van der Waals surface area contributed by atoms with Gasteiger partial charge in [-0.25, -0.2) is 5.10 Å². The summed E-state index contributed by atoms with van der Waals surface area (Å²) in [6.07, 6.45) is 3.45. The summed E-state index contributed by atoms with van der Waals surface area (Å²) in [6, 6.07) is 10.3. The van der Waals surface area contributed by atoms with E-state index in [9.17, 15) is 4.79 Å². The zero-order valence-electron chi connectivity index (χ0n) is 10.7. The van der Waals surface area contributed by atoms with Crippen LogP contribution in [0.3, 0.4) is 0 Å². The summed E-state index contributed by atoms with van der Waals surface area (Å²) in [7, 11) is 0. The van der Waals surface area contributed by atoms with Crippen LogP contribution in [-0.2, 0) is 17.8 Å². The van der Waals surface area contributed by atoms with Gasteiger partial charge in [0.1, 0.15) is 0 Å². The highest BCUT2D eigenvalue weighted by molar-refractivity contribution is 5.75. The molecule has 6 nitrogen and oxygen atoms in total. The van der Waals surface area contributed by atoms with Gasteiger partial charge in [0.25, 0.3) is 0 Å². The Morgan fingerprint density at radius 2 is 2.05 bits per heavy atom. The highest BCUT2D eigenvalue weighted by atomic mass is 16.1. The van der Waals surface area contributed by atoms with Crippen LogP contribution in [0.15, 0.2) is 30.3 Å². The Labute approximate surface area is 111 Å². The van der Waals surface area contributed by atoms with Crippen LogP contribution in [0.1, 0.15) is 30.7 Å². The molecule has 2 rings (SSSR count). The van der Waals surface area contributed by atoms with Crippen LogP contribution in [0.25, 0.3) is 0 Å². The molecule has 0 aliphatic heterocycles. The monoisotopic (exact) mass is 259 g/mol. The fourth-order valence-electron chi connectivity index (χ4n) is 1.78. The van der Waals surface area contributed by atoms with Gasteiger partial charge in [-0.15, -0.1) is 5.10 Å². The molecule has 0 saturated heterocycles. The van der Waals surface area contributed by atoms with Gasteiger partial charge in [-0.05, 0) is 35.3 Å². The summed E-state index contributed by atoms with van der Waals surface area (Å²) in [4.78, 5) is 11.6. The number of hydrogen-bond acceptors (Lipinski definition) is 4. The minimum atomic E-state index is 0.0319. The fourth-order valence-corrected chi connectivity index (χ4v) is 1.78. The predicted octanol–water partition coefficient (Wildman–Crippen LogP) is 1.23. The van der Waals surface area contributed by atoms with Gasteiger partial charge in [0, 0.05) is 6.42 Å². The Bertz CT molecular complexity index is 483. The fraction of sp³-hybridized carbons (Fsp3) is 0.385. The van der Waals surface area contributed by atoms with E-state index in [1.165, 1.54) is 5.56 Å². The first kappa shape index (κ1) is 13.2. The number of amides is 1. The molecule has 0 aliphatic rings. The van der Waals surface area contributed by atoms with Crippen molar-refractivity contribution < 1.29 is 4.79 Å². The van der Waals surface area contributed by atoms with Gasteiger partial charge in [-0.3, -0.25) is 4.79 Å². The molecule has 0 fully saturated rings. The lowest BCUT2D eigenvalue weighted by Crippen LogP contribution is -2.23. The summed E-state index contributed by atoms with van der Waals surface area (Å²) >= 11 is 0. The van der Waals surface area contributed by atoms with Crippen LogP contribution in [0.2, 0.25) is 0 Å². The maximum Gasteiger partial charge on any atom is 0.220 e. The number of tetrazole rings is 1. The third-order valence-electron chi connectivity index (χ3n) is 2.80. The van der Waals surface area contributed by atoms with Crippen molar-refractivity contribution in [2.24, 2.45) is 0 Å². The topological polar surface area (TPSA) is 83.6 Å². The first-order valence-electron chi connectivity index (χ1n) is 6.38. The average molecular weight is 259 g/mol. The number of nitrogens with one attached hydrogen (secondary N) is 2. The molecule has 19 heavy (non-hydrogen) atoms. The normalized spacial score (nSPS) is 10.3. The molecule has 0 bridgehead atoms. The number of benzene rings is 1. The van der Waals surface area contributed by atoms with Crippen molar-refractivity contribution in [3.63, 3.8) is 0 Å². The summed E-state index contributed by atoms with van der Waals surface area (Å²) < 4.78 is 0. The van der Waals surface area contributed by atoms with Gasteiger partial charge in [0.2, 0.25) is 5.91 Å². The van der Waals surface area contributed by atoms with Gasteiger partial charge in [-0.1, -0.05) is 30.3 Å². The third-order valence-corrected chi connectivity index (χ3v) is 2.80. The number of H-pyrrole nitrogens is 1. The number of hydrogen-bond donors (Lipinski definition) is 2. The van der Waals surface area contributed by atoms with Crippen LogP contribution in [0.5, 0.6) is 0 Å². The lowest BCUT2D eigenvalue weighted by molar-refractivity contribution is -0.121. The van der Waals surface area contributed by atoms with E-state index in [2.05, 4.69) is 38.1 Å². The van der Waals surface area contributed by atoms with E-state index >= 15 is 0 Å². The standard InChI is InChI=1S/C13H17N5O/c19-13(14-10-12-15-17-18-16-12)9-5-4-8-11-6-2-1-3-7-11/h1-3,6-7H,4-5,8-10H2,(H,14,19)(H,15,16,17,18). The predicted molar refractivity (Wildman–Crippen MR) is 70.0 cm³/mol. The second kappa shape index (κ2) is 7.25. The third kappa shape index (κ3) is 4.87. The van der Waals surface area contributed by atoms with Crippen molar-refractivity contribution in [2.75, 3.05) is 0 Å². The number of rotatable bonds is 7. The minimum Gasteiger partial charge on any atom is -0.349 e. The summed E-state index contributed by atoms with van der Waals surface area (Å²) in [5.74, 6) is 0.599. The Hall–Kier alpha value is -2.24. The number of aromatic amines is 1. The zero-order valence-corrected chi connectivity index (χ0v) is 10.7. The van der Waals surface area contributed by atoms with Crippen LogP contribution in [-0.4, -0.2) is 26.5 Å². The summed E-state index contributed by atoms with van der Waals surface area (Å²) in [6.45, 7) is 0.352. The molecule has 0 atom stereocenters. The summed E-state index contributed by atoms with van der Waals surface area (Å²) in [5.41, 5.74) is 1.32. The average Bonchev–Trinajstić information content (AvgIpc) is 2.96. The summed E-state index contributed by atoms with van der Waals surface area (Å²) in [5, 5.41) is 15.9. The molecule has 2 aromatic rings. The lowest BCUT2D eigenvalue weighted by Gasteiger charge is -2.03. The second-order valence-electron chi connectivity index (χ2n) is 4.32. The van der Waals surface area contributed by atoms with E-state index in [1.807, 2.05) is 18.2 Å². The van der Waals surface area contributed by atoms with Crippen molar-refractivity contribution in [2.45, 2.75) is 32.2 Å².